The number of hydrogen-bond acceptors (Lipinski definition) is 8. The predicted octanol–water partition coefficient (Wildman–Crippen LogP) is 2.21. The van der Waals surface area contributed by atoms with Crippen LogP contribution in [0.4, 0.5) is 11.8 Å². The van der Waals surface area contributed by atoms with Crippen molar-refractivity contribution in [3.63, 3.8) is 0 Å². The first-order chi connectivity index (χ1) is 17.9. The number of fused-ring (bicyclic) bond motifs is 2. The fourth-order valence-electron chi connectivity index (χ4n) is 4.79. The molecule has 0 bridgehead atoms. The molecule has 2 aromatic heterocycles. The number of pyridine rings is 1. The van der Waals surface area contributed by atoms with Gasteiger partial charge in [0.25, 0.3) is 5.91 Å². The molecule has 0 saturated carbocycles. The Morgan fingerprint density at radius 1 is 1.11 bits per heavy atom. The van der Waals surface area contributed by atoms with Gasteiger partial charge in [-0.2, -0.15) is 4.98 Å². The summed E-state index contributed by atoms with van der Waals surface area (Å²) in [4.78, 5) is 47.2. The summed E-state index contributed by atoms with van der Waals surface area (Å²) < 4.78 is 0. The van der Waals surface area contributed by atoms with Gasteiger partial charge in [-0.15, -0.1) is 0 Å². The molecule has 2 aliphatic rings. The lowest BCUT2D eigenvalue weighted by Crippen LogP contribution is -2.49. The number of carbonyl (C=O) groups is 2. The van der Waals surface area contributed by atoms with Crippen LogP contribution in [0, 0.1) is 0 Å². The summed E-state index contributed by atoms with van der Waals surface area (Å²) in [5.74, 6) is 1.32. The van der Waals surface area contributed by atoms with E-state index in [1.807, 2.05) is 29.3 Å². The van der Waals surface area contributed by atoms with Crippen molar-refractivity contribution in [3.8, 4) is 0 Å². The lowest BCUT2D eigenvalue weighted by Gasteiger charge is -2.35. The van der Waals surface area contributed by atoms with E-state index in [0.717, 1.165) is 41.5 Å². The maximum Gasteiger partial charge on any atom is 0.273 e. The molecule has 0 atom stereocenters. The highest BCUT2D eigenvalue weighted by Gasteiger charge is 2.33. The molecule has 3 aromatic rings. The Morgan fingerprint density at radius 2 is 1.89 bits per heavy atom. The summed E-state index contributed by atoms with van der Waals surface area (Å²) in [5.41, 5.74) is 3.35. The van der Waals surface area contributed by atoms with Crippen molar-refractivity contribution in [2.45, 2.75) is 26.4 Å². The molecule has 5 rings (SSSR count). The molecule has 0 aliphatic carbocycles. The van der Waals surface area contributed by atoms with Crippen LogP contribution in [0.15, 0.2) is 36.5 Å². The van der Waals surface area contributed by atoms with Crippen LogP contribution in [0.3, 0.4) is 0 Å². The van der Waals surface area contributed by atoms with E-state index < -0.39 is 0 Å². The second kappa shape index (κ2) is 10.7. The van der Waals surface area contributed by atoms with E-state index in [4.69, 9.17) is 9.97 Å². The first-order valence-electron chi connectivity index (χ1n) is 12.9. The van der Waals surface area contributed by atoms with Crippen LogP contribution in [0.25, 0.3) is 10.9 Å². The number of amides is 2. The van der Waals surface area contributed by atoms with Gasteiger partial charge in [-0.05, 0) is 24.1 Å². The highest BCUT2D eigenvalue weighted by Crippen LogP contribution is 2.30. The molecular formula is C27H34N8O2. The smallest absolute Gasteiger partial charge is 0.273 e. The number of piperazine rings is 1. The number of aromatic nitrogens is 3. The highest BCUT2D eigenvalue weighted by atomic mass is 16.2. The van der Waals surface area contributed by atoms with E-state index >= 15 is 0 Å². The molecule has 0 spiro atoms. The first-order valence-corrected chi connectivity index (χ1v) is 12.9. The Morgan fingerprint density at radius 3 is 2.65 bits per heavy atom. The average molecular weight is 503 g/mol. The maximum atomic E-state index is 13.2. The molecule has 10 heteroatoms. The standard InChI is InChI=1S/C27H34N8O2/c1-4-9-35-17-21-24(26(35)37)30-27(34-12-10-33(11-13-34)18-23(36)32(2)3)31-25(21)29-16-19-14-20-7-5-6-8-22(20)28-15-19/h5-8,14-15H,4,9-13,16-18H2,1-3H3,(H,29,30,31). The van der Waals surface area contributed by atoms with Gasteiger partial charge in [0.1, 0.15) is 11.5 Å². The van der Waals surface area contributed by atoms with E-state index in [9.17, 15) is 9.59 Å². The predicted molar refractivity (Wildman–Crippen MR) is 143 cm³/mol. The number of carbonyl (C=O) groups excluding carboxylic acids is 2. The quantitative estimate of drug-likeness (QED) is 0.501. The zero-order valence-electron chi connectivity index (χ0n) is 21.8. The fraction of sp³-hybridized carbons (Fsp3) is 0.444. The minimum atomic E-state index is -0.0360. The molecule has 37 heavy (non-hydrogen) atoms. The molecular weight excluding hydrogens is 468 g/mol. The van der Waals surface area contributed by atoms with Gasteiger partial charge in [-0.3, -0.25) is 19.5 Å². The van der Waals surface area contributed by atoms with Crippen LogP contribution in [0.5, 0.6) is 0 Å². The largest absolute Gasteiger partial charge is 0.365 e. The van der Waals surface area contributed by atoms with Crippen molar-refractivity contribution in [2.24, 2.45) is 0 Å². The third kappa shape index (κ3) is 5.34. The molecule has 0 radical (unpaired) electrons. The molecule has 2 aliphatic heterocycles. The monoisotopic (exact) mass is 502 g/mol. The molecule has 1 aromatic carbocycles. The van der Waals surface area contributed by atoms with Crippen LogP contribution < -0.4 is 10.2 Å². The van der Waals surface area contributed by atoms with Gasteiger partial charge in [0.2, 0.25) is 11.9 Å². The molecule has 1 fully saturated rings. The van der Waals surface area contributed by atoms with E-state index in [-0.39, 0.29) is 11.8 Å². The van der Waals surface area contributed by atoms with Gasteiger partial charge in [0.15, 0.2) is 0 Å². The Balaban J connectivity index is 1.36. The summed E-state index contributed by atoms with van der Waals surface area (Å²) in [6, 6.07) is 10.2. The highest BCUT2D eigenvalue weighted by molar-refractivity contribution is 5.98. The van der Waals surface area contributed by atoms with E-state index in [0.29, 0.717) is 56.7 Å². The van der Waals surface area contributed by atoms with Gasteiger partial charge < -0.3 is 20.0 Å². The second-order valence-electron chi connectivity index (χ2n) is 9.87. The van der Waals surface area contributed by atoms with Crippen LogP contribution >= 0.6 is 0 Å². The van der Waals surface area contributed by atoms with Crippen molar-refractivity contribution in [2.75, 3.05) is 63.6 Å². The number of benzene rings is 1. The van der Waals surface area contributed by atoms with Crippen LogP contribution in [0.1, 0.15) is 35.0 Å². The second-order valence-corrected chi connectivity index (χ2v) is 9.87. The normalized spacial score (nSPS) is 15.8. The molecule has 194 valence electrons. The fourth-order valence-corrected chi connectivity index (χ4v) is 4.79. The first kappa shape index (κ1) is 24.9. The van der Waals surface area contributed by atoms with Crippen LogP contribution in [-0.2, 0) is 17.9 Å². The number of nitrogens with zero attached hydrogens (tertiary/aromatic N) is 7. The molecule has 10 nitrogen and oxygen atoms in total. The van der Waals surface area contributed by atoms with E-state index in [1.54, 1.807) is 19.0 Å². The van der Waals surface area contributed by atoms with Gasteiger partial charge in [-0.1, -0.05) is 25.1 Å². The van der Waals surface area contributed by atoms with Gasteiger partial charge in [0, 0.05) is 70.5 Å². The molecule has 2 amide bonds. The number of likely N-dealkylation sites (N-methyl/N-ethyl adjacent to an activating group) is 1. The van der Waals surface area contributed by atoms with Gasteiger partial charge in [-0.25, -0.2) is 4.98 Å². The van der Waals surface area contributed by atoms with Crippen LogP contribution in [0.2, 0.25) is 0 Å². The number of hydrogen-bond donors (Lipinski definition) is 1. The Kier molecular flexibility index (Phi) is 7.18. The van der Waals surface area contributed by atoms with Crippen molar-refractivity contribution in [3.05, 3.63) is 53.3 Å². The van der Waals surface area contributed by atoms with Crippen molar-refractivity contribution < 1.29 is 9.59 Å². The molecule has 4 heterocycles. The van der Waals surface area contributed by atoms with Gasteiger partial charge in [0.05, 0.1) is 18.6 Å². The minimum Gasteiger partial charge on any atom is -0.365 e. The molecule has 1 saturated heterocycles. The summed E-state index contributed by atoms with van der Waals surface area (Å²) in [7, 11) is 3.55. The van der Waals surface area contributed by atoms with Crippen LogP contribution in [-0.4, -0.2) is 94.8 Å². The summed E-state index contributed by atoms with van der Waals surface area (Å²) in [5, 5.41) is 4.57. The Labute approximate surface area is 217 Å². The van der Waals surface area contributed by atoms with Crippen molar-refractivity contribution in [1.82, 2.24) is 29.7 Å². The van der Waals surface area contributed by atoms with Gasteiger partial charge >= 0.3 is 0 Å². The number of para-hydroxylation sites is 1. The van der Waals surface area contributed by atoms with E-state index in [2.05, 4.69) is 39.2 Å². The maximum absolute atomic E-state index is 13.2. The zero-order valence-corrected chi connectivity index (χ0v) is 21.8. The number of nitrogens with one attached hydrogen (secondary N) is 1. The minimum absolute atomic E-state index is 0.0360. The lowest BCUT2D eigenvalue weighted by molar-refractivity contribution is -0.129. The lowest BCUT2D eigenvalue weighted by atomic mass is 10.1. The third-order valence-electron chi connectivity index (χ3n) is 6.95. The topological polar surface area (TPSA) is 97.8 Å². The SMILES string of the molecule is CCCN1Cc2c(NCc3cnc4ccccc4c3)nc(N3CCN(CC(=O)N(C)C)CC3)nc2C1=O. The third-order valence-corrected chi connectivity index (χ3v) is 6.95. The molecule has 1 N–H and O–H groups in total. The number of anilines is 2. The average Bonchev–Trinajstić information content (AvgIpc) is 3.23. The van der Waals surface area contributed by atoms with Crippen molar-refractivity contribution in [1.29, 1.82) is 0 Å². The Hall–Kier alpha value is -3.79. The zero-order chi connectivity index (χ0) is 25.9. The Bertz CT molecular complexity index is 1300. The molecule has 0 unspecified atom stereocenters. The number of rotatable bonds is 8. The summed E-state index contributed by atoms with van der Waals surface area (Å²) in [6.07, 6.45) is 2.76. The van der Waals surface area contributed by atoms with Crippen molar-refractivity contribution >= 4 is 34.5 Å². The van der Waals surface area contributed by atoms with E-state index in [1.165, 1.54) is 0 Å². The summed E-state index contributed by atoms with van der Waals surface area (Å²) >= 11 is 0. The summed E-state index contributed by atoms with van der Waals surface area (Å²) in [6.45, 7) is 7.09.